The molecule has 0 saturated heterocycles. The van der Waals surface area contributed by atoms with E-state index in [0.29, 0.717) is 23.5 Å². The van der Waals surface area contributed by atoms with Crippen molar-refractivity contribution >= 4 is 0 Å². The summed E-state index contributed by atoms with van der Waals surface area (Å²) in [5.74, 6) is 1.16. The van der Waals surface area contributed by atoms with Gasteiger partial charge in [0.2, 0.25) is 11.7 Å². The number of nitrogens with one attached hydrogen (secondary N) is 1. The Labute approximate surface area is 140 Å². The van der Waals surface area contributed by atoms with Crippen LogP contribution in [0.1, 0.15) is 38.1 Å². The molecule has 24 heavy (non-hydrogen) atoms. The van der Waals surface area contributed by atoms with Crippen molar-refractivity contribution in [2.24, 2.45) is 0 Å². The smallest absolute Gasteiger partial charge is 0.244 e. The zero-order valence-electron chi connectivity index (χ0n) is 13.5. The fraction of sp³-hybridized carbons (Fsp3) is 0.333. The molecule has 1 aliphatic rings. The molecule has 1 N–H and O–H groups in total. The molecule has 0 aromatic carbocycles. The first-order valence-corrected chi connectivity index (χ1v) is 8.31. The second-order valence-corrected chi connectivity index (χ2v) is 6.01. The topological polar surface area (TPSA) is 76.7 Å². The van der Waals surface area contributed by atoms with Gasteiger partial charge in [-0.25, -0.2) is 0 Å². The summed E-state index contributed by atoms with van der Waals surface area (Å²) in [5, 5.41) is 7.61. The summed E-state index contributed by atoms with van der Waals surface area (Å²) < 4.78 is 5.44. The van der Waals surface area contributed by atoms with Crippen LogP contribution in [0.15, 0.2) is 47.2 Å². The van der Waals surface area contributed by atoms with Crippen LogP contribution in [0.4, 0.5) is 0 Å². The monoisotopic (exact) mass is 321 g/mol. The molecule has 0 aliphatic heterocycles. The van der Waals surface area contributed by atoms with Crippen molar-refractivity contribution in [1.29, 1.82) is 0 Å². The molecule has 3 aromatic heterocycles. The highest BCUT2D eigenvalue weighted by Gasteiger charge is 2.27. The van der Waals surface area contributed by atoms with Gasteiger partial charge in [-0.1, -0.05) is 18.1 Å². The second kappa shape index (κ2) is 6.49. The lowest BCUT2D eigenvalue weighted by Gasteiger charge is -2.10. The SMILES string of the molecule is CCC(NC1CC1)c1nc(-c2ccc(-c3ccccn3)cn2)no1. The van der Waals surface area contributed by atoms with E-state index >= 15 is 0 Å². The first-order valence-electron chi connectivity index (χ1n) is 8.31. The Morgan fingerprint density at radius 1 is 1.17 bits per heavy atom. The van der Waals surface area contributed by atoms with Crippen LogP contribution in [0.5, 0.6) is 0 Å². The zero-order valence-corrected chi connectivity index (χ0v) is 13.5. The molecule has 1 aliphatic carbocycles. The van der Waals surface area contributed by atoms with Crippen molar-refractivity contribution in [3.8, 4) is 22.8 Å². The molecule has 6 heteroatoms. The molecule has 1 fully saturated rings. The summed E-state index contributed by atoms with van der Waals surface area (Å²) in [6.45, 7) is 2.11. The first kappa shape index (κ1) is 15.0. The van der Waals surface area contributed by atoms with E-state index in [0.717, 1.165) is 17.7 Å². The normalized spacial score (nSPS) is 15.4. The van der Waals surface area contributed by atoms with Gasteiger partial charge >= 0.3 is 0 Å². The van der Waals surface area contributed by atoms with E-state index in [9.17, 15) is 0 Å². The standard InChI is InChI=1S/C18H19N5O/c1-2-14(21-13-7-8-13)18-22-17(23-24-18)16-9-6-12(11-20-16)15-5-3-4-10-19-15/h3-6,9-11,13-14,21H,2,7-8H2,1H3. The van der Waals surface area contributed by atoms with Crippen molar-refractivity contribution in [3.05, 3.63) is 48.6 Å². The Morgan fingerprint density at radius 3 is 2.75 bits per heavy atom. The fourth-order valence-corrected chi connectivity index (χ4v) is 2.59. The van der Waals surface area contributed by atoms with Gasteiger partial charge in [0, 0.05) is 24.0 Å². The van der Waals surface area contributed by atoms with Crippen molar-refractivity contribution in [3.63, 3.8) is 0 Å². The lowest BCUT2D eigenvalue weighted by atomic mass is 10.2. The van der Waals surface area contributed by atoms with E-state index in [4.69, 9.17) is 4.52 Å². The summed E-state index contributed by atoms with van der Waals surface area (Å²) in [6, 6.07) is 10.4. The van der Waals surface area contributed by atoms with Gasteiger partial charge in [-0.05, 0) is 43.5 Å². The van der Waals surface area contributed by atoms with Crippen LogP contribution in [0, 0.1) is 0 Å². The molecule has 1 saturated carbocycles. The fourth-order valence-electron chi connectivity index (χ4n) is 2.59. The quantitative estimate of drug-likeness (QED) is 0.750. The number of aromatic nitrogens is 4. The molecule has 4 rings (SSSR count). The number of hydrogen-bond acceptors (Lipinski definition) is 6. The summed E-state index contributed by atoms with van der Waals surface area (Å²) in [4.78, 5) is 13.3. The molecule has 0 spiro atoms. The Bertz CT molecular complexity index is 796. The summed E-state index contributed by atoms with van der Waals surface area (Å²) >= 11 is 0. The maximum absolute atomic E-state index is 5.44. The largest absolute Gasteiger partial charge is 0.337 e. The minimum atomic E-state index is 0.117. The van der Waals surface area contributed by atoms with E-state index in [1.54, 1.807) is 12.4 Å². The van der Waals surface area contributed by atoms with E-state index in [1.807, 2.05) is 30.3 Å². The van der Waals surface area contributed by atoms with Crippen LogP contribution in [-0.2, 0) is 0 Å². The third-order valence-electron chi connectivity index (χ3n) is 4.12. The average molecular weight is 321 g/mol. The van der Waals surface area contributed by atoms with Gasteiger partial charge in [-0.2, -0.15) is 4.98 Å². The molecule has 3 aromatic rings. The average Bonchev–Trinajstić information content (AvgIpc) is 3.34. The van der Waals surface area contributed by atoms with Crippen LogP contribution >= 0.6 is 0 Å². The Balaban J connectivity index is 1.53. The molecular formula is C18H19N5O. The van der Waals surface area contributed by atoms with Gasteiger partial charge in [0.05, 0.1) is 11.7 Å². The van der Waals surface area contributed by atoms with Crippen LogP contribution in [0.3, 0.4) is 0 Å². The van der Waals surface area contributed by atoms with Crippen molar-refractivity contribution in [1.82, 2.24) is 25.4 Å². The van der Waals surface area contributed by atoms with E-state index in [-0.39, 0.29) is 6.04 Å². The second-order valence-electron chi connectivity index (χ2n) is 6.01. The third kappa shape index (κ3) is 3.19. The highest BCUT2D eigenvalue weighted by atomic mass is 16.5. The van der Waals surface area contributed by atoms with Crippen molar-refractivity contribution in [2.45, 2.75) is 38.3 Å². The Morgan fingerprint density at radius 2 is 2.08 bits per heavy atom. The van der Waals surface area contributed by atoms with E-state index < -0.39 is 0 Å². The van der Waals surface area contributed by atoms with Gasteiger partial charge in [0.1, 0.15) is 5.69 Å². The Hall–Kier alpha value is -2.60. The molecule has 6 nitrogen and oxygen atoms in total. The molecule has 122 valence electrons. The lowest BCUT2D eigenvalue weighted by Crippen LogP contribution is -2.23. The lowest BCUT2D eigenvalue weighted by molar-refractivity contribution is 0.324. The maximum Gasteiger partial charge on any atom is 0.244 e. The number of hydrogen-bond donors (Lipinski definition) is 1. The molecule has 0 amide bonds. The predicted molar refractivity (Wildman–Crippen MR) is 89.9 cm³/mol. The first-order chi connectivity index (χ1) is 11.8. The highest BCUT2D eigenvalue weighted by molar-refractivity contribution is 5.60. The van der Waals surface area contributed by atoms with Crippen LogP contribution in [-0.4, -0.2) is 26.2 Å². The van der Waals surface area contributed by atoms with Gasteiger partial charge in [-0.15, -0.1) is 0 Å². The molecule has 0 radical (unpaired) electrons. The molecule has 1 atom stereocenters. The summed E-state index contributed by atoms with van der Waals surface area (Å²) in [6.07, 6.45) is 6.94. The zero-order chi connectivity index (χ0) is 16.4. The van der Waals surface area contributed by atoms with Gasteiger partial charge in [0.25, 0.3) is 0 Å². The maximum atomic E-state index is 5.44. The summed E-state index contributed by atoms with van der Waals surface area (Å²) in [7, 11) is 0. The van der Waals surface area contributed by atoms with Gasteiger partial charge < -0.3 is 9.84 Å². The van der Waals surface area contributed by atoms with Crippen molar-refractivity contribution < 1.29 is 4.52 Å². The summed E-state index contributed by atoms with van der Waals surface area (Å²) in [5.41, 5.74) is 2.56. The molecule has 1 unspecified atom stereocenters. The molecular weight excluding hydrogens is 302 g/mol. The molecule has 3 heterocycles. The van der Waals surface area contributed by atoms with Crippen LogP contribution in [0.25, 0.3) is 22.8 Å². The van der Waals surface area contributed by atoms with E-state index in [2.05, 4.69) is 32.3 Å². The number of pyridine rings is 2. The molecule has 0 bridgehead atoms. The van der Waals surface area contributed by atoms with Crippen molar-refractivity contribution in [2.75, 3.05) is 0 Å². The van der Waals surface area contributed by atoms with Crippen LogP contribution < -0.4 is 5.32 Å². The van der Waals surface area contributed by atoms with Gasteiger partial charge in [-0.3, -0.25) is 9.97 Å². The number of rotatable bonds is 6. The minimum absolute atomic E-state index is 0.117. The Kier molecular flexibility index (Phi) is 4.04. The van der Waals surface area contributed by atoms with Crippen LogP contribution in [0.2, 0.25) is 0 Å². The predicted octanol–water partition coefficient (Wildman–Crippen LogP) is 3.40. The van der Waals surface area contributed by atoms with Gasteiger partial charge in [0.15, 0.2) is 0 Å². The third-order valence-corrected chi connectivity index (χ3v) is 4.12. The minimum Gasteiger partial charge on any atom is -0.337 e. The van der Waals surface area contributed by atoms with E-state index in [1.165, 1.54) is 12.8 Å². The highest BCUT2D eigenvalue weighted by Crippen LogP contribution is 2.26. The number of nitrogens with zero attached hydrogens (tertiary/aromatic N) is 4.